The molecule has 4 N–H and O–H groups in total. The highest BCUT2D eigenvalue weighted by molar-refractivity contribution is 5.86. The van der Waals surface area contributed by atoms with Gasteiger partial charge in [0.05, 0.1) is 11.6 Å². The average Bonchev–Trinajstić information content (AvgIpc) is 2.95. The summed E-state index contributed by atoms with van der Waals surface area (Å²) in [6.07, 6.45) is 3.66. The number of amides is 1. The van der Waals surface area contributed by atoms with Crippen molar-refractivity contribution in [3.05, 3.63) is 0 Å². The molecule has 18 heavy (non-hydrogen) atoms. The minimum Gasteiger partial charge on any atom is -0.479 e. The molecule has 0 aromatic carbocycles. The molecule has 1 saturated carbocycles. The van der Waals surface area contributed by atoms with Crippen LogP contribution in [0.15, 0.2) is 0 Å². The lowest BCUT2D eigenvalue weighted by molar-refractivity contribution is -0.149. The Bertz CT molecular complexity index is 339. The third-order valence-electron chi connectivity index (χ3n) is 3.82. The predicted octanol–water partition coefficient (Wildman–Crippen LogP) is 0.00630. The predicted molar refractivity (Wildman–Crippen MR) is 63.9 cm³/mol. The van der Waals surface area contributed by atoms with Crippen LogP contribution in [0.3, 0.4) is 0 Å². The zero-order valence-corrected chi connectivity index (χ0v) is 10.4. The highest BCUT2D eigenvalue weighted by Crippen LogP contribution is 2.27. The fourth-order valence-electron chi connectivity index (χ4n) is 2.65. The van der Waals surface area contributed by atoms with Crippen LogP contribution in [-0.2, 0) is 14.3 Å². The summed E-state index contributed by atoms with van der Waals surface area (Å²) in [5, 5.41) is 11.6. The first kappa shape index (κ1) is 13.3. The minimum absolute atomic E-state index is 0.137. The molecule has 1 amide bonds. The number of hydrogen-bond donors (Lipinski definition) is 3. The maximum Gasteiger partial charge on any atom is 0.332 e. The van der Waals surface area contributed by atoms with E-state index < -0.39 is 17.6 Å². The van der Waals surface area contributed by atoms with Gasteiger partial charge in [-0.2, -0.15) is 0 Å². The van der Waals surface area contributed by atoms with Gasteiger partial charge in [0.2, 0.25) is 5.91 Å². The summed E-state index contributed by atoms with van der Waals surface area (Å²) < 4.78 is 5.31. The fraction of sp³-hybridized carbons (Fsp3) is 0.833. The van der Waals surface area contributed by atoms with E-state index in [0.717, 1.165) is 25.7 Å². The van der Waals surface area contributed by atoms with Crippen molar-refractivity contribution in [2.45, 2.75) is 56.3 Å². The topological polar surface area (TPSA) is 102 Å². The van der Waals surface area contributed by atoms with Gasteiger partial charge in [-0.3, -0.25) is 4.79 Å². The Morgan fingerprint density at radius 3 is 2.56 bits per heavy atom. The fourth-order valence-corrected chi connectivity index (χ4v) is 2.65. The molecule has 1 aliphatic heterocycles. The molecule has 6 nitrogen and oxygen atoms in total. The lowest BCUT2D eigenvalue weighted by Crippen LogP contribution is -2.53. The van der Waals surface area contributed by atoms with Crippen LogP contribution in [0.25, 0.3) is 0 Å². The zero-order chi connectivity index (χ0) is 13.2. The smallest absolute Gasteiger partial charge is 0.332 e. The van der Waals surface area contributed by atoms with Crippen molar-refractivity contribution in [3.63, 3.8) is 0 Å². The van der Waals surface area contributed by atoms with Gasteiger partial charge in [-0.25, -0.2) is 4.79 Å². The Balaban J connectivity index is 1.75. The minimum atomic E-state index is -0.935. The average molecular weight is 256 g/mol. The third kappa shape index (κ3) is 2.81. The Hall–Kier alpha value is -1.14. The lowest BCUT2D eigenvalue weighted by Gasteiger charge is -2.23. The summed E-state index contributed by atoms with van der Waals surface area (Å²) in [5.74, 6) is -1.07. The van der Waals surface area contributed by atoms with E-state index in [1.165, 1.54) is 0 Å². The van der Waals surface area contributed by atoms with Gasteiger partial charge in [0.25, 0.3) is 0 Å². The number of nitrogens with one attached hydrogen (secondary N) is 1. The van der Waals surface area contributed by atoms with Crippen molar-refractivity contribution in [2.24, 2.45) is 5.73 Å². The van der Waals surface area contributed by atoms with E-state index in [2.05, 4.69) is 5.32 Å². The summed E-state index contributed by atoms with van der Waals surface area (Å²) in [5.41, 5.74) is 5.28. The molecule has 0 aromatic heterocycles. The molecular formula is C12H20N2O4. The number of aliphatic carboxylic acids is 1. The van der Waals surface area contributed by atoms with Crippen LogP contribution >= 0.6 is 0 Å². The number of carboxylic acid groups (broad SMARTS) is 1. The summed E-state index contributed by atoms with van der Waals surface area (Å²) in [6.45, 7) is 0.349. The summed E-state index contributed by atoms with van der Waals surface area (Å²) in [6, 6.07) is 0. The van der Waals surface area contributed by atoms with E-state index in [1.54, 1.807) is 0 Å². The Labute approximate surface area is 106 Å². The van der Waals surface area contributed by atoms with Crippen molar-refractivity contribution in [2.75, 3.05) is 6.54 Å². The summed E-state index contributed by atoms with van der Waals surface area (Å²) >= 11 is 0. The molecular weight excluding hydrogens is 236 g/mol. The van der Waals surface area contributed by atoms with Crippen LogP contribution in [0.4, 0.5) is 0 Å². The maximum absolute atomic E-state index is 11.9. The molecule has 1 aliphatic carbocycles. The van der Waals surface area contributed by atoms with Gasteiger partial charge in [0.1, 0.15) is 0 Å². The van der Waals surface area contributed by atoms with E-state index in [9.17, 15) is 9.59 Å². The van der Waals surface area contributed by atoms with Crippen molar-refractivity contribution in [1.82, 2.24) is 5.32 Å². The van der Waals surface area contributed by atoms with Crippen LogP contribution in [-0.4, -0.2) is 41.3 Å². The number of ether oxygens (including phenoxy) is 1. The molecule has 6 heteroatoms. The third-order valence-corrected chi connectivity index (χ3v) is 3.82. The van der Waals surface area contributed by atoms with Crippen LogP contribution in [0.5, 0.6) is 0 Å². The quantitative estimate of drug-likeness (QED) is 0.657. The van der Waals surface area contributed by atoms with Gasteiger partial charge in [-0.1, -0.05) is 12.8 Å². The van der Waals surface area contributed by atoms with Crippen molar-refractivity contribution in [3.8, 4) is 0 Å². The van der Waals surface area contributed by atoms with Crippen LogP contribution in [0, 0.1) is 0 Å². The van der Waals surface area contributed by atoms with Crippen molar-refractivity contribution < 1.29 is 19.4 Å². The molecule has 2 unspecified atom stereocenters. The van der Waals surface area contributed by atoms with Crippen molar-refractivity contribution in [1.29, 1.82) is 0 Å². The Kier molecular flexibility index (Phi) is 3.87. The van der Waals surface area contributed by atoms with Gasteiger partial charge < -0.3 is 20.9 Å². The second-order valence-corrected chi connectivity index (χ2v) is 5.24. The van der Waals surface area contributed by atoms with Gasteiger partial charge >= 0.3 is 5.97 Å². The lowest BCUT2D eigenvalue weighted by atomic mass is 9.98. The maximum atomic E-state index is 11.9. The molecule has 0 radical (unpaired) electrons. The van der Waals surface area contributed by atoms with E-state index in [-0.39, 0.29) is 12.0 Å². The monoisotopic (exact) mass is 256 g/mol. The van der Waals surface area contributed by atoms with Crippen molar-refractivity contribution >= 4 is 11.9 Å². The summed E-state index contributed by atoms with van der Waals surface area (Å²) in [7, 11) is 0. The molecule has 102 valence electrons. The second kappa shape index (κ2) is 5.24. The van der Waals surface area contributed by atoms with E-state index >= 15 is 0 Å². The molecule has 2 rings (SSSR count). The molecule has 2 atom stereocenters. The number of carbonyl (C=O) groups excluding carboxylic acids is 1. The van der Waals surface area contributed by atoms with E-state index in [4.69, 9.17) is 15.6 Å². The van der Waals surface area contributed by atoms with Gasteiger partial charge in [0.15, 0.2) is 6.10 Å². The van der Waals surface area contributed by atoms with Crippen LogP contribution in [0.2, 0.25) is 0 Å². The SMILES string of the molecule is NC1(C(=O)NCC2CCC(C(=O)O)O2)CCCC1. The first-order valence-corrected chi connectivity index (χ1v) is 6.47. The molecule has 2 fully saturated rings. The first-order chi connectivity index (χ1) is 8.51. The van der Waals surface area contributed by atoms with E-state index in [0.29, 0.717) is 19.4 Å². The molecule has 1 heterocycles. The van der Waals surface area contributed by atoms with E-state index in [1.807, 2.05) is 0 Å². The highest BCUT2D eigenvalue weighted by atomic mass is 16.5. The first-order valence-electron chi connectivity index (χ1n) is 6.47. The molecule has 0 aromatic rings. The largest absolute Gasteiger partial charge is 0.479 e. The number of carbonyl (C=O) groups is 2. The normalized spacial score (nSPS) is 30.3. The zero-order valence-electron chi connectivity index (χ0n) is 10.4. The second-order valence-electron chi connectivity index (χ2n) is 5.24. The van der Waals surface area contributed by atoms with Gasteiger partial charge in [-0.05, 0) is 25.7 Å². The molecule has 0 bridgehead atoms. The number of hydrogen-bond acceptors (Lipinski definition) is 4. The number of nitrogens with two attached hydrogens (primary N) is 1. The number of carboxylic acids is 1. The molecule has 0 spiro atoms. The van der Waals surface area contributed by atoms with Gasteiger partial charge in [0, 0.05) is 6.54 Å². The van der Waals surface area contributed by atoms with Gasteiger partial charge in [-0.15, -0.1) is 0 Å². The molecule has 2 aliphatic rings. The van der Waals surface area contributed by atoms with Crippen LogP contribution < -0.4 is 11.1 Å². The highest BCUT2D eigenvalue weighted by Gasteiger charge is 2.38. The standard InChI is InChI=1S/C12H20N2O4/c13-12(5-1-2-6-12)11(17)14-7-8-3-4-9(18-8)10(15)16/h8-9H,1-7,13H2,(H,14,17)(H,15,16). The Morgan fingerprint density at radius 1 is 1.33 bits per heavy atom. The summed E-state index contributed by atoms with van der Waals surface area (Å²) in [4.78, 5) is 22.6. The Morgan fingerprint density at radius 2 is 2.00 bits per heavy atom. The number of rotatable bonds is 4. The molecule has 1 saturated heterocycles. The van der Waals surface area contributed by atoms with Crippen LogP contribution in [0.1, 0.15) is 38.5 Å².